The van der Waals surface area contributed by atoms with Crippen LogP contribution in [0.25, 0.3) is 0 Å². The van der Waals surface area contributed by atoms with Gasteiger partial charge in [-0.25, -0.2) is 0 Å². The van der Waals surface area contributed by atoms with Crippen LogP contribution < -0.4 is 0 Å². The lowest BCUT2D eigenvalue weighted by Gasteiger charge is -2.49. The maximum atomic E-state index is 13.1. The summed E-state index contributed by atoms with van der Waals surface area (Å²) in [7, 11) is 0. The molecule has 2 amide bonds. The van der Waals surface area contributed by atoms with Crippen molar-refractivity contribution in [1.82, 2.24) is 4.90 Å². The molecule has 7 nitrogen and oxygen atoms in total. The van der Waals surface area contributed by atoms with Gasteiger partial charge in [0.15, 0.2) is 6.29 Å². The Kier molecular flexibility index (Phi) is 5.58. The number of benzene rings is 2. The van der Waals surface area contributed by atoms with Crippen LogP contribution in [0.15, 0.2) is 54.6 Å². The summed E-state index contributed by atoms with van der Waals surface area (Å²) in [6, 6.07) is 15.3. The van der Waals surface area contributed by atoms with Crippen molar-refractivity contribution in [1.29, 1.82) is 0 Å². The van der Waals surface area contributed by atoms with E-state index in [4.69, 9.17) is 14.2 Å². The van der Waals surface area contributed by atoms with E-state index in [0.717, 1.165) is 10.5 Å². The molecular weight excluding hydrogens is 418 g/mol. The smallest absolute Gasteiger partial charge is 0.262 e. The number of carbonyl (C=O) groups excluding carboxylic acids is 2. The molecule has 0 radical (unpaired) electrons. The Morgan fingerprint density at radius 2 is 1.65 bits per heavy atom. The molecule has 6 atom stereocenters. The number of ether oxygens (including phenoxy) is 3. The number of imide groups is 1. The number of thioether (sulfide) groups is 1. The van der Waals surface area contributed by atoms with Crippen molar-refractivity contribution >= 4 is 23.6 Å². The Morgan fingerprint density at radius 1 is 1.00 bits per heavy atom. The van der Waals surface area contributed by atoms with E-state index in [0.29, 0.717) is 16.9 Å². The van der Waals surface area contributed by atoms with E-state index in [1.54, 1.807) is 24.3 Å². The van der Waals surface area contributed by atoms with Crippen LogP contribution >= 0.6 is 11.8 Å². The zero-order chi connectivity index (χ0) is 21.5. The van der Waals surface area contributed by atoms with Gasteiger partial charge < -0.3 is 19.3 Å². The van der Waals surface area contributed by atoms with Crippen LogP contribution in [-0.4, -0.2) is 64.0 Å². The third kappa shape index (κ3) is 3.48. The Balaban J connectivity index is 1.45. The minimum absolute atomic E-state index is 0.247. The molecule has 5 rings (SSSR count). The fraction of sp³-hybridized carbons (Fsp3) is 0.391. The maximum Gasteiger partial charge on any atom is 0.262 e. The van der Waals surface area contributed by atoms with E-state index in [2.05, 4.69) is 0 Å². The summed E-state index contributed by atoms with van der Waals surface area (Å²) < 4.78 is 18.2. The second kappa shape index (κ2) is 8.37. The SMILES string of the molecule is CCS[C@@H]1OC2COC(c3ccccc3)O[C@H]2[C@H](O)C1N1C(=O)c2ccccc2C1=O. The molecule has 0 bridgehead atoms. The van der Waals surface area contributed by atoms with Crippen molar-refractivity contribution in [3.63, 3.8) is 0 Å². The number of hydrogen-bond acceptors (Lipinski definition) is 7. The van der Waals surface area contributed by atoms with E-state index >= 15 is 0 Å². The molecule has 2 aromatic carbocycles. The number of aliphatic hydroxyl groups excluding tert-OH is 1. The van der Waals surface area contributed by atoms with Gasteiger partial charge in [0.05, 0.1) is 17.7 Å². The monoisotopic (exact) mass is 441 g/mol. The van der Waals surface area contributed by atoms with Gasteiger partial charge in [-0.1, -0.05) is 49.4 Å². The summed E-state index contributed by atoms with van der Waals surface area (Å²) in [5, 5.41) is 11.4. The number of fused-ring (bicyclic) bond motifs is 2. The molecule has 3 aliphatic rings. The summed E-state index contributed by atoms with van der Waals surface area (Å²) in [5.41, 5.74) is 0.939. The molecule has 0 aliphatic carbocycles. The number of hydrogen-bond donors (Lipinski definition) is 1. The zero-order valence-electron chi connectivity index (χ0n) is 16.9. The van der Waals surface area contributed by atoms with E-state index in [9.17, 15) is 14.7 Å². The van der Waals surface area contributed by atoms with E-state index in [1.165, 1.54) is 11.8 Å². The van der Waals surface area contributed by atoms with Crippen LogP contribution in [0, 0.1) is 0 Å². The van der Waals surface area contributed by atoms with Gasteiger partial charge in [-0.2, -0.15) is 0 Å². The second-order valence-corrected chi connectivity index (χ2v) is 9.06. The molecule has 3 heterocycles. The molecular formula is C23H23NO6S. The van der Waals surface area contributed by atoms with Crippen molar-refractivity contribution in [2.75, 3.05) is 12.4 Å². The van der Waals surface area contributed by atoms with Crippen molar-refractivity contribution in [3.8, 4) is 0 Å². The van der Waals surface area contributed by atoms with E-state index in [1.807, 2.05) is 37.3 Å². The fourth-order valence-electron chi connectivity index (χ4n) is 4.41. The lowest BCUT2D eigenvalue weighted by atomic mass is 9.95. The number of carbonyl (C=O) groups is 2. The summed E-state index contributed by atoms with van der Waals surface area (Å²) in [6.07, 6.45) is -2.99. The van der Waals surface area contributed by atoms with Crippen LogP contribution in [0.4, 0.5) is 0 Å². The minimum atomic E-state index is -1.11. The molecule has 2 fully saturated rings. The lowest BCUT2D eigenvalue weighted by Crippen LogP contribution is -2.66. The predicted octanol–water partition coefficient (Wildman–Crippen LogP) is 2.60. The lowest BCUT2D eigenvalue weighted by molar-refractivity contribution is -0.310. The zero-order valence-corrected chi connectivity index (χ0v) is 17.7. The summed E-state index contributed by atoms with van der Waals surface area (Å²) in [4.78, 5) is 27.4. The standard InChI is InChI=1S/C23H23NO6S/c1-2-31-23-17(24-20(26)14-10-6-7-11-15(14)21(24)27)18(25)19-16(29-23)12-28-22(30-19)13-8-4-3-5-9-13/h3-11,16-19,22-23,25H,2,12H2,1H3/t16?,17?,18-,19-,22?,23+/m1/s1. The molecule has 3 aliphatic heterocycles. The number of rotatable bonds is 4. The van der Waals surface area contributed by atoms with Crippen LogP contribution in [-0.2, 0) is 14.2 Å². The fourth-order valence-corrected chi connectivity index (χ4v) is 5.44. The number of aliphatic hydroxyl groups is 1. The van der Waals surface area contributed by atoms with Crippen LogP contribution in [0.5, 0.6) is 0 Å². The molecule has 3 unspecified atom stereocenters. The topological polar surface area (TPSA) is 85.3 Å². The predicted molar refractivity (Wildman–Crippen MR) is 114 cm³/mol. The van der Waals surface area contributed by atoms with Crippen LogP contribution in [0.3, 0.4) is 0 Å². The third-order valence-electron chi connectivity index (χ3n) is 5.86. The first-order valence-corrected chi connectivity index (χ1v) is 11.4. The Morgan fingerprint density at radius 3 is 2.29 bits per heavy atom. The van der Waals surface area contributed by atoms with E-state index in [-0.39, 0.29) is 6.61 Å². The molecule has 0 spiro atoms. The first kappa shape index (κ1) is 20.7. The van der Waals surface area contributed by atoms with Crippen molar-refractivity contribution in [2.45, 2.75) is 43.0 Å². The van der Waals surface area contributed by atoms with Gasteiger partial charge in [-0.05, 0) is 17.9 Å². The van der Waals surface area contributed by atoms with Gasteiger partial charge in [0.1, 0.15) is 29.8 Å². The Labute approximate surface area is 184 Å². The molecule has 162 valence electrons. The van der Waals surface area contributed by atoms with Gasteiger partial charge in [0, 0.05) is 5.56 Å². The first-order valence-electron chi connectivity index (χ1n) is 10.3. The van der Waals surface area contributed by atoms with Gasteiger partial charge in [0.25, 0.3) is 11.8 Å². The molecule has 2 aromatic rings. The normalized spacial score (nSPS) is 32.6. The molecule has 31 heavy (non-hydrogen) atoms. The molecule has 0 aromatic heterocycles. The quantitative estimate of drug-likeness (QED) is 0.730. The average molecular weight is 442 g/mol. The van der Waals surface area contributed by atoms with Crippen molar-refractivity contribution in [3.05, 3.63) is 71.3 Å². The average Bonchev–Trinajstić information content (AvgIpc) is 3.05. The van der Waals surface area contributed by atoms with Gasteiger partial charge >= 0.3 is 0 Å². The first-order chi connectivity index (χ1) is 15.1. The highest BCUT2D eigenvalue weighted by Gasteiger charge is 2.55. The van der Waals surface area contributed by atoms with Gasteiger partial charge in [-0.15, -0.1) is 11.8 Å². The summed E-state index contributed by atoms with van der Waals surface area (Å²) >= 11 is 1.45. The van der Waals surface area contributed by atoms with Gasteiger partial charge in [-0.3, -0.25) is 14.5 Å². The highest BCUT2D eigenvalue weighted by molar-refractivity contribution is 7.99. The molecule has 1 N–H and O–H groups in total. The summed E-state index contributed by atoms with van der Waals surface area (Å²) in [6.45, 7) is 2.21. The van der Waals surface area contributed by atoms with Crippen LogP contribution in [0.1, 0.15) is 39.5 Å². The minimum Gasteiger partial charge on any atom is -0.388 e. The maximum absolute atomic E-state index is 13.1. The van der Waals surface area contributed by atoms with Crippen molar-refractivity contribution < 1.29 is 28.9 Å². The third-order valence-corrected chi connectivity index (χ3v) is 6.91. The van der Waals surface area contributed by atoms with Gasteiger partial charge in [0.2, 0.25) is 0 Å². The largest absolute Gasteiger partial charge is 0.388 e. The number of nitrogens with zero attached hydrogens (tertiary/aromatic N) is 1. The Hall–Kier alpha value is -2.23. The number of amides is 2. The highest BCUT2D eigenvalue weighted by atomic mass is 32.2. The molecule has 0 saturated carbocycles. The molecule has 2 saturated heterocycles. The van der Waals surface area contributed by atoms with Crippen LogP contribution in [0.2, 0.25) is 0 Å². The second-order valence-electron chi connectivity index (χ2n) is 7.68. The highest BCUT2D eigenvalue weighted by Crippen LogP contribution is 2.40. The van der Waals surface area contributed by atoms with E-state index < -0.39 is 47.9 Å². The Bertz CT molecular complexity index is 950. The molecule has 8 heteroatoms. The summed E-state index contributed by atoms with van der Waals surface area (Å²) in [5.74, 6) is -0.136. The van der Waals surface area contributed by atoms with Crippen molar-refractivity contribution in [2.24, 2.45) is 0 Å².